The molecule has 1 aliphatic carbocycles. The molecule has 1 aromatic carbocycles. The Morgan fingerprint density at radius 1 is 0.875 bits per heavy atom. The molecule has 0 saturated heterocycles. The predicted molar refractivity (Wildman–Crippen MR) is 52.8 cm³/mol. The molecule has 0 radical (unpaired) electrons. The van der Waals surface area contributed by atoms with Gasteiger partial charge in [0.15, 0.2) is 5.76 Å². The van der Waals surface area contributed by atoms with Gasteiger partial charge in [-0.05, 0) is 12.1 Å². The first-order valence-electron chi connectivity index (χ1n) is 4.28. The molecule has 0 aromatic heterocycles. The van der Waals surface area contributed by atoms with Crippen LogP contribution in [-0.4, -0.2) is 26.9 Å². The van der Waals surface area contributed by atoms with Gasteiger partial charge in [0.2, 0.25) is 5.78 Å². The van der Waals surface area contributed by atoms with Crippen molar-refractivity contribution in [3.63, 3.8) is 0 Å². The second-order valence-electron chi connectivity index (χ2n) is 3.27. The molecule has 0 bridgehead atoms. The third-order valence-electron chi connectivity index (χ3n) is 2.33. The maximum atomic E-state index is 11.5. The molecular weight excluding hydrogens is 214 g/mol. The summed E-state index contributed by atoms with van der Waals surface area (Å²) in [7, 11) is 0. The van der Waals surface area contributed by atoms with Crippen LogP contribution in [0.4, 0.5) is 0 Å². The normalized spacial score (nSPS) is 15.2. The standard InChI is InChI=1S/C10H7NO5/c11-7-8(14)5-3(12)1-2-4(13)6(5)9(15)10(7)16/h1-2,12-14H,11H2. The Bertz CT molecular complexity index is 559. The van der Waals surface area contributed by atoms with Crippen LogP contribution in [0.3, 0.4) is 0 Å². The zero-order chi connectivity index (χ0) is 12.0. The van der Waals surface area contributed by atoms with Gasteiger partial charge in [-0.25, -0.2) is 0 Å². The van der Waals surface area contributed by atoms with Crippen LogP contribution in [0.2, 0.25) is 0 Å². The van der Waals surface area contributed by atoms with Crippen molar-refractivity contribution in [2.45, 2.75) is 0 Å². The third kappa shape index (κ3) is 1.07. The predicted octanol–water partition coefficient (Wildman–Crippen LogP) is 0.0485. The number of allylic oxidation sites excluding steroid dienone is 1. The highest BCUT2D eigenvalue weighted by Gasteiger charge is 2.35. The number of hydrogen-bond acceptors (Lipinski definition) is 6. The Morgan fingerprint density at radius 2 is 1.38 bits per heavy atom. The van der Waals surface area contributed by atoms with Crippen LogP contribution in [0.1, 0.15) is 15.9 Å². The van der Waals surface area contributed by atoms with Crippen LogP contribution in [0.15, 0.2) is 17.8 Å². The Morgan fingerprint density at radius 3 is 1.94 bits per heavy atom. The summed E-state index contributed by atoms with van der Waals surface area (Å²) in [5, 5.41) is 28.4. The highest BCUT2D eigenvalue weighted by Crippen LogP contribution is 2.37. The van der Waals surface area contributed by atoms with Crippen LogP contribution in [0, 0.1) is 0 Å². The van der Waals surface area contributed by atoms with Crippen molar-refractivity contribution in [2.75, 3.05) is 0 Å². The van der Waals surface area contributed by atoms with Gasteiger partial charge in [0.1, 0.15) is 17.2 Å². The van der Waals surface area contributed by atoms with Gasteiger partial charge in [0.25, 0.3) is 5.78 Å². The zero-order valence-electron chi connectivity index (χ0n) is 7.89. The van der Waals surface area contributed by atoms with E-state index in [0.717, 1.165) is 12.1 Å². The first-order chi connectivity index (χ1) is 7.45. The lowest BCUT2D eigenvalue weighted by Crippen LogP contribution is -2.28. The van der Waals surface area contributed by atoms with Gasteiger partial charge >= 0.3 is 0 Å². The molecule has 6 heteroatoms. The average molecular weight is 221 g/mol. The Balaban J connectivity index is 2.91. The second-order valence-corrected chi connectivity index (χ2v) is 3.27. The molecular formula is C10H7NO5. The maximum absolute atomic E-state index is 11.5. The van der Waals surface area contributed by atoms with Crippen molar-refractivity contribution in [3.05, 3.63) is 29.0 Å². The summed E-state index contributed by atoms with van der Waals surface area (Å²) in [6.45, 7) is 0. The van der Waals surface area contributed by atoms with E-state index in [-0.39, 0.29) is 5.56 Å². The van der Waals surface area contributed by atoms with E-state index in [1.165, 1.54) is 0 Å². The number of Topliss-reactive ketones (excluding diaryl/α,β-unsaturated/α-hetero) is 2. The summed E-state index contributed by atoms with van der Waals surface area (Å²) in [4.78, 5) is 22.8. The summed E-state index contributed by atoms with van der Waals surface area (Å²) >= 11 is 0. The summed E-state index contributed by atoms with van der Waals surface area (Å²) in [5.41, 5.74) is 3.82. The quantitative estimate of drug-likeness (QED) is 0.362. The molecule has 0 saturated carbocycles. The summed E-state index contributed by atoms with van der Waals surface area (Å²) in [6.07, 6.45) is 0. The topological polar surface area (TPSA) is 121 Å². The number of ketones is 2. The monoisotopic (exact) mass is 221 g/mol. The van der Waals surface area contributed by atoms with E-state index >= 15 is 0 Å². The number of rotatable bonds is 0. The molecule has 6 nitrogen and oxygen atoms in total. The molecule has 0 spiro atoms. The molecule has 2 rings (SSSR count). The summed E-state index contributed by atoms with van der Waals surface area (Å²) < 4.78 is 0. The van der Waals surface area contributed by atoms with Crippen LogP contribution < -0.4 is 5.73 Å². The van der Waals surface area contributed by atoms with Crippen LogP contribution in [-0.2, 0) is 4.79 Å². The average Bonchev–Trinajstić information content (AvgIpc) is 2.26. The molecule has 0 aliphatic heterocycles. The number of benzene rings is 1. The Labute approximate surface area is 89.2 Å². The number of aromatic hydroxyl groups is 2. The number of aliphatic hydroxyl groups is 1. The largest absolute Gasteiger partial charge is 0.507 e. The molecule has 0 amide bonds. The minimum atomic E-state index is -1.11. The van der Waals surface area contributed by atoms with E-state index in [1.807, 2.05) is 0 Å². The number of aliphatic hydroxyl groups excluding tert-OH is 1. The molecule has 5 N–H and O–H groups in total. The number of nitrogens with two attached hydrogens (primary N) is 1. The summed E-state index contributed by atoms with van der Waals surface area (Å²) in [6, 6.07) is 2.13. The molecule has 1 aliphatic rings. The van der Waals surface area contributed by atoms with Crippen molar-refractivity contribution in [1.82, 2.24) is 0 Å². The van der Waals surface area contributed by atoms with Crippen LogP contribution >= 0.6 is 0 Å². The molecule has 82 valence electrons. The molecule has 0 unspecified atom stereocenters. The van der Waals surface area contributed by atoms with Crippen LogP contribution in [0.25, 0.3) is 5.76 Å². The SMILES string of the molecule is NC1=C(O)c2c(O)ccc(O)c2C(=O)C1=O. The highest BCUT2D eigenvalue weighted by molar-refractivity contribution is 6.52. The van der Waals surface area contributed by atoms with E-state index in [4.69, 9.17) is 5.73 Å². The molecule has 0 atom stereocenters. The van der Waals surface area contributed by atoms with Gasteiger partial charge < -0.3 is 21.1 Å². The number of phenols is 2. The fourth-order valence-electron chi connectivity index (χ4n) is 1.53. The minimum Gasteiger partial charge on any atom is -0.507 e. The van der Waals surface area contributed by atoms with Crippen molar-refractivity contribution >= 4 is 17.3 Å². The lowest BCUT2D eigenvalue weighted by Gasteiger charge is -2.17. The molecule has 16 heavy (non-hydrogen) atoms. The van der Waals surface area contributed by atoms with E-state index in [9.17, 15) is 24.9 Å². The molecule has 1 aromatic rings. The Hall–Kier alpha value is -2.50. The fourth-order valence-corrected chi connectivity index (χ4v) is 1.53. The van der Waals surface area contributed by atoms with E-state index in [2.05, 4.69) is 0 Å². The van der Waals surface area contributed by atoms with Gasteiger partial charge in [0.05, 0.1) is 11.1 Å². The van der Waals surface area contributed by atoms with Crippen LogP contribution in [0.5, 0.6) is 11.5 Å². The number of phenolic OH excluding ortho intramolecular Hbond substituents is 2. The van der Waals surface area contributed by atoms with Gasteiger partial charge in [-0.3, -0.25) is 9.59 Å². The smallest absolute Gasteiger partial charge is 0.253 e. The summed E-state index contributed by atoms with van der Waals surface area (Å²) in [5.74, 6) is -3.79. The lowest BCUT2D eigenvalue weighted by molar-refractivity contribution is -0.112. The number of carbonyl (C=O) groups excluding carboxylic acids is 2. The number of fused-ring (bicyclic) bond motifs is 1. The molecule has 0 heterocycles. The first kappa shape index (κ1) is 10.0. The highest BCUT2D eigenvalue weighted by atomic mass is 16.3. The zero-order valence-corrected chi connectivity index (χ0v) is 7.89. The first-order valence-corrected chi connectivity index (χ1v) is 4.28. The van der Waals surface area contributed by atoms with Crippen molar-refractivity contribution in [2.24, 2.45) is 5.73 Å². The van der Waals surface area contributed by atoms with Crippen molar-refractivity contribution < 1.29 is 24.9 Å². The second kappa shape index (κ2) is 2.99. The van der Waals surface area contributed by atoms with Crippen molar-refractivity contribution in [1.29, 1.82) is 0 Å². The number of hydrogen-bond donors (Lipinski definition) is 4. The van der Waals surface area contributed by atoms with Gasteiger partial charge in [-0.2, -0.15) is 0 Å². The van der Waals surface area contributed by atoms with E-state index in [0.29, 0.717) is 0 Å². The van der Waals surface area contributed by atoms with E-state index < -0.39 is 40.1 Å². The van der Waals surface area contributed by atoms with Gasteiger partial charge in [-0.1, -0.05) is 0 Å². The van der Waals surface area contributed by atoms with Gasteiger partial charge in [-0.15, -0.1) is 0 Å². The molecule has 0 fully saturated rings. The third-order valence-corrected chi connectivity index (χ3v) is 2.33. The fraction of sp³-hybridized carbons (Fsp3) is 0. The Kier molecular flexibility index (Phi) is 1.88. The minimum absolute atomic E-state index is 0.317. The van der Waals surface area contributed by atoms with Gasteiger partial charge in [0, 0.05) is 0 Å². The van der Waals surface area contributed by atoms with Crippen molar-refractivity contribution in [3.8, 4) is 11.5 Å². The maximum Gasteiger partial charge on any atom is 0.253 e. The van der Waals surface area contributed by atoms with E-state index in [1.54, 1.807) is 0 Å². The lowest BCUT2D eigenvalue weighted by atomic mass is 9.90. The number of carbonyl (C=O) groups is 2.